The van der Waals surface area contributed by atoms with E-state index in [4.69, 9.17) is 32.7 Å². The highest BCUT2D eigenvalue weighted by Crippen LogP contribution is 2.34. The average Bonchev–Trinajstić information content (AvgIpc) is 3.15. The Hall–Kier alpha value is -2.81. The van der Waals surface area contributed by atoms with E-state index in [-0.39, 0.29) is 25.0 Å². The molecule has 0 unspecified atom stereocenters. The topological polar surface area (TPSA) is 89.5 Å². The Morgan fingerprint density at radius 1 is 1.28 bits per heavy atom. The van der Waals surface area contributed by atoms with Crippen LogP contribution in [-0.4, -0.2) is 30.0 Å². The van der Waals surface area contributed by atoms with Crippen molar-refractivity contribution in [1.82, 2.24) is 4.98 Å². The van der Waals surface area contributed by atoms with Crippen molar-refractivity contribution in [2.75, 3.05) is 23.8 Å². The van der Waals surface area contributed by atoms with E-state index in [9.17, 15) is 9.59 Å². The van der Waals surface area contributed by atoms with Gasteiger partial charge in [-0.05, 0) is 36.4 Å². The molecule has 0 fully saturated rings. The van der Waals surface area contributed by atoms with Gasteiger partial charge in [-0.3, -0.25) is 14.9 Å². The van der Waals surface area contributed by atoms with Gasteiger partial charge in [-0.2, -0.15) is 0 Å². The number of fused-ring (bicyclic) bond motifs is 1. The molecule has 0 bridgehead atoms. The van der Waals surface area contributed by atoms with Crippen LogP contribution in [-0.2, 0) is 9.59 Å². The minimum Gasteiger partial charge on any atom is -0.482 e. The normalized spacial score (nSPS) is 12.6. The molecule has 0 saturated carbocycles. The van der Waals surface area contributed by atoms with E-state index >= 15 is 0 Å². The summed E-state index contributed by atoms with van der Waals surface area (Å²) in [6.07, 6.45) is 0. The van der Waals surface area contributed by atoms with Crippen LogP contribution in [0.3, 0.4) is 0 Å². The number of ether oxygens (including phenoxy) is 2. The molecule has 0 saturated heterocycles. The van der Waals surface area contributed by atoms with E-state index in [0.29, 0.717) is 38.1 Å². The van der Waals surface area contributed by atoms with Crippen LogP contribution in [0.15, 0.2) is 41.8 Å². The summed E-state index contributed by atoms with van der Waals surface area (Å²) in [7, 11) is 0. The largest absolute Gasteiger partial charge is 0.482 e. The molecule has 0 aliphatic carbocycles. The number of thiazole rings is 1. The van der Waals surface area contributed by atoms with Crippen LogP contribution in [0.2, 0.25) is 10.0 Å². The molecule has 2 amide bonds. The molecule has 2 aromatic carbocycles. The van der Waals surface area contributed by atoms with Crippen molar-refractivity contribution in [2.45, 2.75) is 0 Å². The summed E-state index contributed by atoms with van der Waals surface area (Å²) in [4.78, 5) is 28.0. The van der Waals surface area contributed by atoms with Crippen LogP contribution in [0.1, 0.15) is 0 Å². The van der Waals surface area contributed by atoms with Crippen molar-refractivity contribution >= 4 is 57.2 Å². The maximum atomic E-state index is 12.1. The fourth-order valence-corrected chi connectivity index (χ4v) is 3.80. The highest BCUT2D eigenvalue weighted by molar-refractivity contribution is 7.14. The van der Waals surface area contributed by atoms with Gasteiger partial charge in [0.2, 0.25) is 0 Å². The second-order valence-corrected chi connectivity index (χ2v) is 7.70. The molecule has 7 nitrogen and oxygen atoms in total. The zero-order valence-corrected chi connectivity index (χ0v) is 17.0. The van der Waals surface area contributed by atoms with E-state index in [1.165, 1.54) is 17.4 Å². The minimum atomic E-state index is -0.372. The molecule has 3 aromatic rings. The number of carbonyl (C=O) groups is 2. The molecule has 0 radical (unpaired) electrons. The number of hydrogen-bond donors (Lipinski definition) is 2. The first-order chi connectivity index (χ1) is 14.0. The van der Waals surface area contributed by atoms with Gasteiger partial charge in [-0.25, -0.2) is 4.98 Å². The van der Waals surface area contributed by atoms with Crippen molar-refractivity contribution in [1.29, 1.82) is 0 Å². The minimum absolute atomic E-state index is 0.00251. The molecule has 0 atom stereocenters. The molecule has 2 N–H and O–H groups in total. The van der Waals surface area contributed by atoms with Crippen LogP contribution in [0.25, 0.3) is 11.3 Å². The van der Waals surface area contributed by atoms with Gasteiger partial charge in [0.1, 0.15) is 11.5 Å². The zero-order chi connectivity index (χ0) is 20.4. The summed E-state index contributed by atoms with van der Waals surface area (Å²) in [6, 6.07) is 10.1. The number of amides is 2. The number of anilines is 2. The van der Waals surface area contributed by atoms with Gasteiger partial charge in [-0.15, -0.1) is 11.3 Å². The van der Waals surface area contributed by atoms with Crippen LogP contribution in [0, 0.1) is 0 Å². The van der Waals surface area contributed by atoms with Gasteiger partial charge in [0.05, 0.1) is 16.4 Å². The highest BCUT2D eigenvalue weighted by Gasteiger charge is 2.17. The van der Waals surface area contributed by atoms with Crippen LogP contribution < -0.4 is 20.1 Å². The molecule has 4 rings (SSSR count). The summed E-state index contributed by atoms with van der Waals surface area (Å²) in [6.45, 7) is -0.221. The first kappa shape index (κ1) is 19.5. The number of halogens is 2. The van der Waals surface area contributed by atoms with Gasteiger partial charge in [-0.1, -0.05) is 23.2 Å². The quantitative estimate of drug-likeness (QED) is 0.599. The maximum Gasteiger partial charge on any atom is 0.264 e. The van der Waals surface area contributed by atoms with Crippen molar-refractivity contribution in [2.24, 2.45) is 0 Å². The van der Waals surface area contributed by atoms with Gasteiger partial charge in [0.25, 0.3) is 11.8 Å². The fraction of sp³-hybridized carbons (Fsp3) is 0.105. The molecule has 2 heterocycles. The number of nitrogens with zero attached hydrogens (tertiary/aromatic N) is 1. The SMILES string of the molecule is O=C(COc1ccc(Cl)cc1Cl)Nc1nc(-c2ccc3c(c2)NC(=O)CO3)cs1. The average molecular weight is 450 g/mol. The molecule has 0 spiro atoms. The molecule has 1 aliphatic heterocycles. The molecular weight excluding hydrogens is 437 g/mol. The van der Waals surface area contributed by atoms with Crippen molar-refractivity contribution in [3.8, 4) is 22.8 Å². The fourth-order valence-electron chi connectivity index (χ4n) is 2.60. The van der Waals surface area contributed by atoms with Crippen molar-refractivity contribution < 1.29 is 19.1 Å². The Morgan fingerprint density at radius 3 is 2.97 bits per heavy atom. The third-order valence-corrected chi connectivity index (χ3v) is 5.20. The van der Waals surface area contributed by atoms with Gasteiger partial charge in [0, 0.05) is 16.0 Å². The number of aromatic nitrogens is 1. The predicted molar refractivity (Wildman–Crippen MR) is 112 cm³/mol. The third-order valence-electron chi connectivity index (χ3n) is 3.91. The van der Waals surface area contributed by atoms with Crippen LogP contribution in [0.5, 0.6) is 11.5 Å². The van der Waals surface area contributed by atoms with E-state index in [1.807, 2.05) is 6.07 Å². The number of hydrogen-bond acceptors (Lipinski definition) is 6. The number of carbonyl (C=O) groups excluding carboxylic acids is 2. The Kier molecular flexibility index (Phi) is 5.57. The van der Waals surface area contributed by atoms with Crippen molar-refractivity contribution in [3.05, 3.63) is 51.8 Å². The Bertz CT molecular complexity index is 1100. The van der Waals surface area contributed by atoms with E-state index in [0.717, 1.165) is 5.56 Å². The lowest BCUT2D eigenvalue weighted by Gasteiger charge is -2.18. The Labute approximate surface area is 179 Å². The number of nitrogens with one attached hydrogen (secondary N) is 2. The number of benzene rings is 2. The summed E-state index contributed by atoms with van der Waals surface area (Å²) in [5, 5.41) is 8.47. The van der Waals surface area contributed by atoms with Crippen molar-refractivity contribution in [3.63, 3.8) is 0 Å². The lowest BCUT2D eigenvalue weighted by atomic mass is 10.1. The van der Waals surface area contributed by atoms with E-state index in [1.54, 1.807) is 29.6 Å². The summed E-state index contributed by atoms with van der Waals surface area (Å²) in [5.74, 6) is 0.393. The maximum absolute atomic E-state index is 12.1. The Balaban J connectivity index is 1.39. The highest BCUT2D eigenvalue weighted by atomic mass is 35.5. The first-order valence-corrected chi connectivity index (χ1v) is 10.0. The lowest BCUT2D eigenvalue weighted by molar-refractivity contribution is -0.119. The van der Waals surface area contributed by atoms with Gasteiger partial charge >= 0.3 is 0 Å². The third kappa shape index (κ3) is 4.61. The molecule has 29 heavy (non-hydrogen) atoms. The molecule has 148 valence electrons. The number of rotatable bonds is 5. The molecule has 1 aliphatic rings. The van der Waals surface area contributed by atoms with E-state index < -0.39 is 0 Å². The van der Waals surface area contributed by atoms with Crippen LogP contribution >= 0.6 is 34.5 Å². The van der Waals surface area contributed by atoms with Gasteiger partial charge < -0.3 is 14.8 Å². The first-order valence-electron chi connectivity index (χ1n) is 8.38. The second kappa shape index (κ2) is 8.28. The monoisotopic (exact) mass is 449 g/mol. The Morgan fingerprint density at radius 2 is 2.14 bits per heavy atom. The van der Waals surface area contributed by atoms with E-state index in [2.05, 4.69) is 15.6 Å². The summed E-state index contributed by atoms with van der Waals surface area (Å²) in [5.41, 5.74) is 2.04. The predicted octanol–water partition coefficient (Wildman–Crippen LogP) is 4.47. The lowest BCUT2D eigenvalue weighted by Crippen LogP contribution is -2.25. The molecular formula is C19H13Cl2N3O4S. The molecule has 10 heteroatoms. The second-order valence-electron chi connectivity index (χ2n) is 6.00. The summed E-state index contributed by atoms with van der Waals surface area (Å²) >= 11 is 13.1. The smallest absolute Gasteiger partial charge is 0.264 e. The van der Waals surface area contributed by atoms with Crippen LogP contribution in [0.4, 0.5) is 10.8 Å². The van der Waals surface area contributed by atoms with Gasteiger partial charge in [0.15, 0.2) is 18.3 Å². The molecule has 1 aromatic heterocycles. The standard InChI is InChI=1S/C19H13Cl2N3O4S/c20-11-2-4-15(12(21)6-11)27-8-18(26)24-19-23-14(9-29-19)10-1-3-16-13(5-10)22-17(25)7-28-16/h1-6,9H,7-8H2,(H,22,25)(H,23,24,26). The summed E-state index contributed by atoms with van der Waals surface area (Å²) < 4.78 is 10.8. The zero-order valence-electron chi connectivity index (χ0n) is 14.7.